The highest BCUT2D eigenvalue weighted by molar-refractivity contribution is 6.00. The highest BCUT2D eigenvalue weighted by atomic mass is 16.5. The molecule has 2 N–H and O–H groups in total. The number of aliphatic imine (C=N–C) groups is 1. The van der Waals surface area contributed by atoms with Crippen LogP contribution in [0.15, 0.2) is 89.9 Å². The lowest BCUT2D eigenvalue weighted by Crippen LogP contribution is -2.48. The predicted molar refractivity (Wildman–Crippen MR) is 127 cm³/mol. The lowest BCUT2D eigenvalue weighted by atomic mass is 9.91. The van der Waals surface area contributed by atoms with Crippen molar-refractivity contribution in [2.24, 2.45) is 4.99 Å². The van der Waals surface area contributed by atoms with Gasteiger partial charge in [-0.05, 0) is 35.4 Å². The number of rotatable bonds is 10. The van der Waals surface area contributed by atoms with Crippen molar-refractivity contribution >= 4 is 11.8 Å². The van der Waals surface area contributed by atoms with Crippen LogP contribution in [0.3, 0.4) is 0 Å². The molecule has 1 amide bonds. The number of amides is 1. The molecule has 6 nitrogen and oxygen atoms in total. The van der Waals surface area contributed by atoms with E-state index in [1.54, 1.807) is 0 Å². The molecule has 0 unspecified atom stereocenters. The molecule has 0 spiro atoms. The van der Waals surface area contributed by atoms with Crippen molar-refractivity contribution in [3.05, 3.63) is 102 Å². The Hall–Kier alpha value is -3.64. The fourth-order valence-electron chi connectivity index (χ4n) is 3.71. The number of carbonyl (C=O) groups excluding carboxylic acids is 1. The summed E-state index contributed by atoms with van der Waals surface area (Å²) in [7, 11) is 0. The molecular weight excluding hydrogens is 416 g/mol. The zero-order chi connectivity index (χ0) is 22.9. The number of aliphatic hydroxyl groups is 1. The Morgan fingerprint density at radius 3 is 2.30 bits per heavy atom. The van der Waals surface area contributed by atoms with Crippen molar-refractivity contribution in [2.45, 2.75) is 24.9 Å². The molecule has 3 aromatic rings. The van der Waals surface area contributed by atoms with Gasteiger partial charge in [0.1, 0.15) is 12.4 Å². The van der Waals surface area contributed by atoms with Gasteiger partial charge in [0.2, 0.25) is 5.90 Å². The average molecular weight is 445 g/mol. The van der Waals surface area contributed by atoms with Crippen molar-refractivity contribution in [3.8, 4) is 5.75 Å². The third-order valence-corrected chi connectivity index (χ3v) is 5.49. The fourth-order valence-corrected chi connectivity index (χ4v) is 3.71. The van der Waals surface area contributed by atoms with E-state index in [0.29, 0.717) is 37.6 Å². The minimum atomic E-state index is -1.04. The first-order chi connectivity index (χ1) is 16.2. The van der Waals surface area contributed by atoms with Gasteiger partial charge in [-0.2, -0.15) is 0 Å². The Morgan fingerprint density at radius 2 is 1.64 bits per heavy atom. The second kappa shape index (κ2) is 10.8. The first kappa shape index (κ1) is 22.6. The number of aliphatic hydroxyl groups excluding tert-OH is 1. The van der Waals surface area contributed by atoms with Gasteiger partial charge in [-0.3, -0.25) is 4.79 Å². The normalized spacial score (nSPS) is 17.2. The summed E-state index contributed by atoms with van der Waals surface area (Å²) in [4.78, 5) is 18.2. The topological polar surface area (TPSA) is 80.2 Å². The molecule has 1 aliphatic rings. The molecule has 4 rings (SSSR count). The number of benzene rings is 3. The van der Waals surface area contributed by atoms with Crippen LogP contribution >= 0.6 is 0 Å². The van der Waals surface area contributed by atoms with E-state index in [0.717, 1.165) is 16.7 Å². The van der Waals surface area contributed by atoms with Crippen LogP contribution in [0.1, 0.15) is 23.1 Å². The van der Waals surface area contributed by atoms with E-state index >= 15 is 0 Å². The smallest absolute Gasteiger partial charge is 0.252 e. The van der Waals surface area contributed by atoms with Crippen LogP contribution in [0.25, 0.3) is 0 Å². The largest absolute Gasteiger partial charge is 0.494 e. The van der Waals surface area contributed by atoms with Gasteiger partial charge in [-0.1, -0.05) is 60.7 Å². The average Bonchev–Trinajstić information content (AvgIpc) is 3.29. The molecule has 0 saturated heterocycles. The Balaban J connectivity index is 1.54. The van der Waals surface area contributed by atoms with Gasteiger partial charge in [0.25, 0.3) is 5.91 Å². The van der Waals surface area contributed by atoms with E-state index in [-0.39, 0.29) is 19.1 Å². The number of hydrogen-bond acceptors (Lipinski definition) is 5. The number of hydrogen-bond donors (Lipinski definition) is 2. The molecule has 0 saturated carbocycles. The maximum absolute atomic E-state index is 13.4. The van der Waals surface area contributed by atoms with E-state index in [1.165, 1.54) is 0 Å². The lowest BCUT2D eigenvalue weighted by Gasteiger charge is -2.23. The SMILES string of the molecule is O=C(NCc1ccccc1)[C@@]1(Cc2ccccc2)COC(c2ccc(OCCCO)cc2)=N1. The zero-order valence-electron chi connectivity index (χ0n) is 18.4. The monoisotopic (exact) mass is 444 g/mol. The summed E-state index contributed by atoms with van der Waals surface area (Å²) in [6.07, 6.45) is 1.03. The Bertz CT molecular complexity index is 1070. The van der Waals surface area contributed by atoms with E-state index in [2.05, 4.69) is 5.32 Å². The van der Waals surface area contributed by atoms with Crippen LogP contribution in [0.2, 0.25) is 0 Å². The number of nitrogens with zero attached hydrogens (tertiary/aromatic N) is 1. The number of carbonyl (C=O) groups is 1. The van der Waals surface area contributed by atoms with Crippen LogP contribution in [0.5, 0.6) is 5.75 Å². The van der Waals surface area contributed by atoms with Crippen molar-refractivity contribution in [2.75, 3.05) is 19.8 Å². The zero-order valence-corrected chi connectivity index (χ0v) is 18.4. The molecule has 33 heavy (non-hydrogen) atoms. The summed E-state index contributed by atoms with van der Waals surface area (Å²) in [5.41, 5.74) is 1.80. The number of ether oxygens (including phenoxy) is 2. The quantitative estimate of drug-likeness (QED) is 0.469. The van der Waals surface area contributed by atoms with Crippen LogP contribution < -0.4 is 10.1 Å². The second-order valence-corrected chi connectivity index (χ2v) is 8.02. The van der Waals surface area contributed by atoms with E-state index < -0.39 is 5.54 Å². The molecule has 1 atom stereocenters. The highest BCUT2D eigenvalue weighted by Crippen LogP contribution is 2.28. The third-order valence-electron chi connectivity index (χ3n) is 5.49. The fraction of sp³-hybridized carbons (Fsp3) is 0.259. The molecule has 0 aromatic heterocycles. The molecule has 0 bridgehead atoms. The summed E-state index contributed by atoms with van der Waals surface area (Å²) in [5, 5.41) is 11.9. The van der Waals surface area contributed by atoms with Gasteiger partial charge in [-0.15, -0.1) is 0 Å². The summed E-state index contributed by atoms with van der Waals surface area (Å²) in [6, 6.07) is 27.1. The molecule has 6 heteroatoms. The van der Waals surface area contributed by atoms with Gasteiger partial charge in [0.05, 0.1) is 6.61 Å². The van der Waals surface area contributed by atoms with Crippen LogP contribution in [0.4, 0.5) is 0 Å². The molecule has 1 aliphatic heterocycles. The van der Waals surface area contributed by atoms with E-state index in [1.807, 2.05) is 84.9 Å². The van der Waals surface area contributed by atoms with Crippen LogP contribution in [-0.4, -0.2) is 42.3 Å². The van der Waals surface area contributed by atoms with Gasteiger partial charge >= 0.3 is 0 Å². The summed E-state index contributed by atoms with van der Waals surface area (Å²) in [5.74, 6) is 0.999. The maximum Gasteiger partial charge on any atom is 0.252 e. The lowest BCUT2D eigenvalue weighted by molar-refractivity contribution is -0.126. The Labute approximate surface area is 193 Å². The number of nitrogens with one attached hydrogen (secondary N) is 1. The Morgan fingerprint density at radius 1 is 0.970 bits per heavy atom. The second-order valence-electron chi connectivity index (χ2n) is 8.02. The molecule has 170 valence electrons. The molecular formula is C27H28N2O4. The predicted octanol–water partition coefficient (Wildman–Crippen LogP) is 3.52. The summed E-state index contributed by atoms with van der Waals surface area (Å²) >= 11 is 0. The van der Waals surface area contributed by atoms with Crippen molar-refractivity contribution in [1.82, 2.24) is 5.32 Å². The molecule has 1 heterocycles. The standard InChI is InChI=1S/C27H28N2O4/c30-16-7-17-32-24-14-12-23(13-15-24)25-29-27(20-33-25,18-21-8-3-1-4-9-21)26(31)28-19-22-10-5-2-6-11-22/h1-6,8-15,30H,7,16-20H2,(H,28,31)/t27-/m1/s1. The highest BCUT2D eigenvalue weighted by Gasteiger charge is 2.44. The summed E-state index contributed by atoms with van der Waals surface area (Å²) < 4.78 is 11.5. The van der Waals surface area contributed by atoms with Crippen LogP contribution in [0, 0.1) is 0 Å². The summed E-state index contributed by atoms with van der Waals surface area (Å²) in [6.45, 7) is 1.15. The molecule has 0 fully saturated rings. The van der Waals surface area contributed by atoms with Crippen LogP contribution in [-0.2, 0) is 22.5 Å². The maximum atomic E-state index is 13.4. The van der Waals surface area contributed by atoms with Crippen molar-refractivity contribution in [1.29, 1.82) is 0 Å². The first-order valence-electron chi connectivity index (χ1n) is 11.1. The van der Waals surface area contributed by atoms with Crippen molar-refractivity contribution in [3.63, 3.8) is 0 Å². The van der Waals surface area contributed by atoms with E-state index in [9.17, 15) is 4.79 Å². The Kier molecular flexibility index (Phi) is 7.37. The van der Waals surface area contributed by atoms with E-state index in [4.69, 9.17) is 19.6 Å². The minimum Gasteiger partial charge on any atom is -0.494 e. The molecule has 0 radical (unpaired) electrons. The minimum absolute atomic E-state index is 0.0958. The van der Waals surface area contributed by atoms with Gasteiger partial charge in [0, 0.05) is 31.6 Å². The van der Waals surface area contributed by atoms with Gasteiger partial charge in [-0.25, -0.2) is 4.99 Å². The first-order valence-corrected chi connectivity index (χ1v) is 11.1. The third kappa shape index (κ3) is 5.79. The molecule has 0 aliphatic carbocycles. The van der Waals surface area contributed by atoms with Gasteiger partial charge < -0.3 is 19.9 Å². The van der Waals surface area contributed by atoms with Crippen molar-refractivity contribution < 1.29 is 19.4 Å². The van der Waals surface area contributed by atoms with Gasteiger partial charge in [0.15, 0.2) is 5.54 Å². The molecule has 3 aromatic carbocycles.